The van der Waals surface area contributed by atoms with Crippen LogP contribution in [0.1, 0.15) is 29.2 Å². The third-order valence-electron chi connectivity index (χ3n) is 5.84. The van der Waals surface area contributed by atoms with Crippen LogP contribution in [-0.4, -0.2) is 41.8 Å². The van der Waals surface area contributed by atoms with Crippen LogP contribution in [0, 0.1) is 29.6 Å². The number of nitrogens with zero attached hydrogens (tertiary/aromatic N) is 5. The van der Waals surface area contributed by atoms with Gasteiger partial charge in [-0.2, -0.15) is 10.5 Å². The largest absolute Gasteiger partial charge is 0.410 e. The Morgan fingerprint density at radius 2 is 2.09 bits per heavy atom. The number of aromatic nitrogens is 2. The fraction of sp³-hybridized carbons (Fsp3) is 0.208. The Labute approximate surface area is 192 Å². The molecule has 8 nitrogen and oxygen atoms in total. The second kappa shape index (κ2) is 8.74. The lowest BCUT2D eigenvalue weighted by Gasteiger charge is -2.23. The molecule has 0 aliphatic carbocycles. The van der Waals surface area contributed by atoms with E-state index in [9.17, 15) is 20.4 Å². The van der Waals surface area contributed by atoms with Crippen molar-refractivity contribution in [2.45, 2.75) is 19.3 Å². The lowest BCUT2D eigenvalue weighted by molar-refractivity contribution is 0.217. The van der Waals surface area contributed by atoms with Crippen LogP contribution in [-0.2, 0) is 10.2 Å². The number of aliphatic hydroxyl groups is 1. The van der Waals surface area contributed by atoms with E-state index in [1.807, 2.05) is 26.0 Å². The van der Waals surface area contributed by atoms with Crippen molar-refractivity contribution in [2.24, 2.45) is 0 Å². The molecule has 9 heteroatoms. The summed E-state index contributed by atoms with van der Waals surface area (Å²) in [5, 5.41) is 32.2. The Hall–Kier alpha value is -4.21. The molecule has 0 saturated carbocycles. The second-order valence-electron chi connectivity index (χ2n) is 8.20. The maximum atomic E-state index is 11.1. The van der Waals surface area contributed by atoms with E-state index >= 15 is 0 Å². The van der Waals surface area contributed by atoms with Gasteiger partial charge in [0.2, 0.25) is 5.95 Å². The molecule has 1 atom stereocenters. The van der Waals surface area contributed by atoms with Gasteiger partial charge in [0, 0.05) is 35.1 Å². The monoisotopic (exact) mass is 435 g/mol. The van der Waals surface area contributed by atoms with Crippen molar-refractivity contribution < 1.29 is 9.90 Å². The van der Waals surface area contributed by atoms with Gasteiger partial charge in [0.1, 0.15) is 12.3 Å². The van der Waals surface area contributed by atoms with Gasteiger partial charge in [0.05, 0.1) is 29.5 Å². The number of fused-ring (bicyclic) bond motifs is 1. The minimum atomic E-state index is -0.639. The van der Waals surface area contributed by atoms with E-state index in [-0.39, 0.29) is 6.61 Å². The van der Waals surface area contributed by atoms with E-state index < -0.39 is 5.41 Å². The van der Waals surface area contributed by atoms with Crippen molar-refractivity contribution in [3.63, 3.8) is 0 Å². The van der Waals surface area contributed by atoms with Crippen LogP contribution >= 0.6 is 0 Å². The number of benzene rings is 2. The fourth-order valence-corrected chi connectivity index (χ4v) is 4.04. The molecule has 0 bridgehead atoms. The fourth-order valence-electron chi connectivity index (χ4n) is 4.04. The smallest absolute Gasteiger partial charge is 0.329 e. The second-order valence-corrected chi connectivity index (χ2v) is 8.20. The molecule has 1 radical (unpaired) electrons. The van der Waals surface area contributed by atoms with E-state index in [2.05, 4.69) is 27.4 Å². The van der Waals surface area contributed by atoms with Crippen molar-refractivity contribution in [3.8, 4) is 23.4 Å². The molecule has 0 amide bonds. The summed E-state index contributed by atoms with van der Waals surface area (Å²) in [7, 11) is 1.38. The zero-order chi connectivity index (χ0) is 23.6. The van der Waals surface area contributed by atoms with E-state index in [1.165, 1.54) is 7.41 Å². The molecule has 161 valence electrons. The maximum Gasteiger partial charge on any atom is 0.329 e. The van der Waals surface area contributed by atoms with E-state index in [0.29, 0.717) is 46.8 Å². The van der Waals surface area contributed by atoms with Crippen LogP contribution in [0.2, 0.25) is 0 Å². The summed E-state index contributed by atoms with van der Waals surface area (Å²) in [6, 6.07) is 15.0. The molecular weight excluding hydrogens is 415 g/mol. The first-order valence-electron chi connectivity index (χ1n) is 10.3. The molecule has 0 saturated heterocycles. The lowest BCUT2D eigenvalue weighted by Crippen LogP contribution is -2.36. The van der Waals surface area contributed by atoms with Gasteiger partial charge in [-0.1, -0.05) is 13.0 Å². The molecule has 33 heavy (non-hydrogen) atoms. The molecule has 1 aliphatic rings. The third-order valence-corrected chi connectivity index (χ3v) is 5.84. The first kappa shape index (κ1) is 22.0. The Bertz CT molecular complexity index is 1330. The first-order valence-corrected chi connectivity index (χ1v) is 10.3. The van der Waals surface area contributed by atoms with Gasteiger partial charge in [-0.15, -0.1) is 0 Å². The van der Waals surface area contributed by atoms with Crippen molar-refractivity contribution in [1.29, 1.82) is 10.5 Å². The van der Waals surface area contributed by atoms with Crippen LogP contribution in [0.4, 0.5) is 17.3 Å². The summed E-state index contributed by atoms with van der Waals surface area (Å²) < 4.78 is 0. The van der Waals surface area contributed by atoms with Crippen LogP contribution in [0.25, 0.3) is 11.3 Å². The van der Waals surface area contributed by atoms with Crippen LogP contribution in [0.3, 0.4) is 0 Å². The number of anilines is 3. The van der Waals surface area contributed by atoms with Gasteiger partial charge in [-0.25, -0.2) is 9.97 Å². The summed E-state index contributed by atoms with van der Waals surface area (Å²) in [6.45, 7) is 4.07. The number of hydrogen-bond acceptors (Lipinski definition) is 8. The summed E-state index contributed by atoms with van der Waals surface area (Å²) in [5.74, 6) is 0.352. The minimum absolute atomic E-state index is 0.136. The van der Waals surface area contributed by atoms with Crippen molar-refractivity contribution >= 4 is 30.9 Å². The zero-order valence-corrected chi connectivity index (χ0v) is 18.2. The number of aryl methyl sites for hydroxylation is 1. The highest BCUT2D eigenvalue weighted by Gasteiger charge is 2.40. The molecule has 0 fully saturated rings. The van der Waals surface area contributed by atoms with E-state index in [4.69, 9.17) is 0 Å². The van der Waals surface area contributed by atoms with E-state index in [0.717, 1.165) is 16.8 Å². The Morgan fingerprint density at radius 3 is 2.79 bits per heavy atom. The quantitative estimate of drug-likeness (QED) is 0.447. The van der Waals surface area contributed by atoms with Crippen molar-refractivity contribution in [2.75, 3.05) is 23.3 Å². The normalized spacial score (nSPS) is 16.5. The van der Waals surface area contributed by atoms with E-state index in [1.54, 1.807) is 35.3 Å². The molecule has 4 rings (SSSR count). The number of nitriles is 2. The van der Waals surface area contributed by atoms with Gasteiger partial charge in [-0.05, 0) is 48.4 Å². The molecule has 3 aromatic rings. The van der Waals surface area contributed by atoms with Crippen LogP contribution in [0.15, 0.2) is 42.6 Å². The number of rotatable bonds is 6. The zero-order valence-electron chi connectivity index (χ0n) is 18.2. The molecule has 1 aliphatic heterocycles. The van der Waals surface area contributed by atoms with Crippen molar-refractivity contribution in [3.05, 3.63) is 64.8 Å². The van der Waals surface area contributed by atoms with Gasteiger partial charge >= 0.3 is 7.41 Å². The molecular formula is C24H20BN6O2. The SMILES string of the molecule is Cc1ccc(C#N)cc1Nc1nccc(-c2cc(C#N)c3c(c2)C(C)(CO)CN3[B]C=O)n1. The molecule has 0 spiro atoms. The highest BCUT2D eigenvalue weighted by Crippen LogP contribution is 2.44. The molecule has 2 N–H and O–H groups in total. The number of nitrogens with one attached hydrogen (secondary N) is 1. The predicted octanol–water partition coefficient (Wildman–Crippen LogP) is 2.82. The Kier molecular flexibility index (Phi) is 5.83. The lowest BCUT2D eigenvalue weighted by atomic mass is 9.83. The Morgan fingerprint density at radius 1 is 1.27 bits per heavy atom. The van der Waals surface area contributed by atoms with Gasteiger partial charge in [0.25, 0.3) is 0 Å². The minimum Gasteiger partial charge on any atom is -0.410 e. The first-order chi connectivity index (χ1) is 15.9. The maximum absolute atomic E-state index is 11.1. The highest BCUT2D eigenvalue weighted by molar-refractivity contribution is 6.70. The van der Waals surface area contributed by atoms with Gasteiger partial charge in [0.15, 0.2) is 0 Å². The highest BCUT2D eigenvalue weighted by atomic mass is 16.3. The summed E-state index contributed by atoms with van der Waals surface area (Å²) in [6.07, 6.45) is 2.29. The number of carbonyl (C=O) groups is 1. The van der Waals surface area contributed by atoms with Gasteiger partial charge in [-0.3, -0.25) is 0 Å². The van der Waals surface area contributed by atoms with Crippen LogP contribution < -0.4 is 10.1 Å². The standard InChI is InChI=1S/C24H20BN6O2/c1-15-3-4-16(10-26)7-21(15)30-23-28-6-5-20(29-23)17-8-18(11-27)22-19(9-17)24(2,13-32)12-31(22)25-14-33/h3-9,14,32H,12-13H2,1-2H3,(H,28,29,30). The Balaban J connectivity index is 1.77. The number of carbonyl (C=O) groups excluding carboxylic acids is 1. The predicted molar refractivity (Wildman–Crippen MR) is 126 cm³/mol. The average Bonchev–Trinajstić information content (AvgIpc) is 3.12. The summed E-state index contributed by atoms with van der Waals surface area (Å²) in [5.41, 5.74) is 4.65. The van der Waals surface area contributed by atoms with Crippen molar-refractivity contribution in [1.82, 2.24) is 9.97 Å². The molecule has 2 aromatic carbocycles. The summed E-state index contributed by atoms with van der Waals surface area (Å²) >= 11 is 0. The van der Waals surface area contributed by atoms with Crippen LogP contribution in [0.5, 0.6) is 0 Å². The third kappa shape index (κ3) is 4.02. The summed E-state index contributed by atoms with van der Waals surface area (Å²) in [4.78, 5) is 21.7. The number of hydrogen-bond donors (Lipinski definition) is 2. The number of aliphatic hydroxyl groups excluding tert-OH is 1. The topological polar surface area (TPSA) is 126 Å². The average molecular weight is 435 g/mol. The molecule has 2 heterocycles. The molecule has 1 unspecified atom stereocenters. The molecule has 1 aromatic heterocycles. The van der Waals surface area contributed by atoms with Gasteiger partial charge < -0.3 is 20.0 Å².